The van der Waals surface area contributed by atoms with Crippen LogP contribution in [0.4, 0.5) is 5.82 Å². The number of imidazole rings is 1. The summed E-state index contributed by atoms with van der Waals surface area (Å²) in [6.45, 7) is 0. The lowest BCUT2D eigenvalue weighted by molar-refractivity contribution is -0.391. The van der Waals surface area contributed by atoms with Crippen LogP contribution in [-0.2, 0) is 11.9 Å². The van der Waals surface area contributed by atoms with Crippen molar-refractivity contribution in [1.82, 2.24) is 14.6 Å². The van der Waals surface area contributed by atoms with Crippen molar-refractivity contribution in [1.29, 1.82) is 0 Å². The van der Waals surface area contributed by atoms with E-state index in [0.717, 1.165) is 18.7 Å². The summed E-state index contributed by atoms with van der Waals surface area (Å²) in [5.41, 5.74) is 0. The molecule has 7 nitrogen and oxygen atoms in total. The number of fused-ring (bicyclic) bond motifs is 1. The highest BCUT2D eigenvalue weighted by Crippen LogP contribution is 2.43. The van der Waals surface area contributed by atoms with Crippen LogP contribution < -0.4 is 0 Å². The van der Waals surface area contributed by atoms with Crippen LogP contribution in [-0.4, -0.2) is 32.7 Å². The lowest BCUT2D eigenvalue weighted by Gasteiger charge is -2.23. The molecule has 1 aliphatic carbocycles. The maximum Gasteiger partial charge on any atom is 0.342 e. The molecule has 1 aliphatic heterocycles. The van der Waals surface area contributed by atoms with Crippen molar-refractivity contribution < 1.29 is 9.76 Å². The molecule has 1 aromatic rings. The molecule has 3 unspecified atom stereocenters. The number of hydrogen-bond acceptors (Lipinski definition) is 5. The van der Waals surface area contributed by atoms with Gasteiger partial charge < -0.3 is 10.1 Å². The third-order valence-corrected chi connectivity index (χ3v) is 4.80. The molecule has 0 radical (unpaired) electrons. The van der Waals surface area contributed by atoms with E-state index < -0.39 is 0 Å². The van der Waals surface area contributed by atoms with Gasteiger partial charge in [0.15, 0.2) is 0 Å². The van der Waals surface area contributed by atoms with E-state index in [1.54, 1.807) is 11.6 Å². The van der Waals surface area contributed by atoms with Crippen molar-refractivity contribution in [3.8, 4) is 0 Å². The SMILES string of the molecule is CN1OC2CCCCCCC2C1c1ncc([N+](=O)[O-])n1C.Cl. The topological polar surface area (TPSA) is 73.4 Å². The first-order chi connectivity index (χ1) is 10.1. The average Bonchev–Trinajstić information content (AvgIpc) is 2.91. The number of nitrogens with zero attached hydrogens (tertiary/aromatic N) is 4. The van der Waals surface area contributed by atoms with Gasteiger partial charge in [-0.1, -0.05) is 25.7 Å². The molecule has 2 fully saturated rings. The van der Waals surface area contributed by atoms with Crippen LogP contribution in [0.5, 0.6) is 0 Å². The first kappa shape index (κ1) is 17.2. The van der Waals surface area contributed by atoms with Crippen LogP contribution in [0.25, 0.3) is 0 Å². The quantitative estimate of drug-likeness (QED) is 0.615. The van der Waals surface area contributed by atoms with E-state index in [1.165, 1.54) is 31.9 Å². The second kappa shape index (κ2) is 6.93. The van der Waals surface area contributed by atoms with Crippen molar-refractivity contribution in [2.45, 2.75) is 50.7 Å². The van der Waals surface area contributed by atoms with Gasteiger partial charge in [-0.25, -0.2) is 9.55 Å². The molecule has 2 heterocycles. The molecule has 124 valence electrons. The predicted octanol–water partition coefficient (Wildman–Crippen LogP) is 3.01. The van der Waals surface area contributed by atoms with Crippen LogP contribution in [0.15, 0.2) is 6.20 Å². The van der Waals surface area contributed by atoms with E-state index in [2.05, 4.69) is 4.98 Å². The van der Waals surface area contributed by atoms with Gasteiger partial charge in [-0.15, -0.1) is 12.4 Å². The Kier molecular flexibility index (Phi) is 5.41. The van der Waals surface area contributed by atoms with Crippen molar-refractivity contribution in [2.75, 3.05) is 7.05 Å². The third-order valence-electron chi connectivity index (χ3n) is 4.80. The summed E-state index contributed by atoms with van der Waals surface area (Å²) in [5, 5.41) is 12.9. The Hall–Kier alpha value is -1.18. The number of nitro groups is 1. The van der Waals surface area contributed by atoms with Gasteiger partial charge >= 0.3 is 5.82 Å². The number of hydrogen-bond donors (Lipinski definition) is 0. The van der Waals surface area contributed by atoms with Gasteiger partial charge in [0.05, 0.1) is 13.2 Å². The van der Waals surface area contributed by atoms with Crippen LogP contribution in [0.3, 0.4) is 0 Å². The molecule has 2 aliphatic rings. The monoisotopic (exact) mass is 330 g/mol. The zero-order valence-electron chi connectivity index (χ0n) is 13.0. The van der Waals surface area contributed by atoms with E-state index in [0.29, 0.717) is 5.92 Å². The van der Waals surface area contributed by atoms with E-state index in [4.69, 9.17) is 4.84 Å². The van der Waals surface area contributed by atoms with Crippen LogP contribution >= 0.6 is 12.4 Å². The minimum Gasteiger partial charge on any atom is -0.358 e. The van der Waals surface area contributed by atoms with Crippen LogP contribution in [0.2, 0.25) is 0 Å². The van der Waals surface area contributed by atoms with Crippen molar-refractivity contribution in [3.05, 3.63) is 22.1 Å². The number of rotatable bonds is 2. The lowest BCUT2D eigenvalue weighted by Crippen LogP contribution is -2.25. The molecule has 3 rings (SSSR count). The molecule has 3 atom stereocenters. The average molecular weight is 331 g/mol. The molecule has 0 aromatic carbocycles. The summed E-state index contributed by atoms with van der Waals surface area (Å²) in [5.74, 6) is 1.14. The van der Waals surface area contributed by atoms with Crippen LogP contribution in [0.1, 0.15) is 50.4 Å². The number of aromatic nitrogens is 2. The first-order valence-corrected chi connectivity index (χ1v) is 7.65. The zero-order chi connectivity index (χ0) is 15.0. The maximum atomic E-state index is 11.0. The molecular weight excluding hydrogens is 308 g/mol. The van der Waals surface area contributed by atoms with Gasteiger partial charge in [0, 0.05) is 13.0 Å². The summed E-state index contributed by atoms with van der Waals surface area (Å²) in [4.78, 5) is 20.9. The molecule has 1 saturated heterocycles. The van der Waals surface area contributed by atoms with Gasteiger partial charge in [0.2, 0.25) is 5.82 Å². The first-order valence-electron chi connectivity index (χ1n) is 7.65. The standard InChI is InChI=1S/C14H22N4O3.ClH/c1-16-12(18(19)20)9-15-14(16)13-10-7-5-3-4-6-8-11(10)21-17(13)2;/h9-11,13H,3-8H2,1-2H3;1H. The van der Waals surface area contributed by atoms with E-state index in [1.807, 2.05) is 12.1 Å². The van der Waals surface area contributed by atoms with Gasteiger partial charge in [0.1, 0.15) is 12.2 Å². The second-order valence-electron chi connectivity index (χ2n) is 6.08. The molecule has 0 spiro atoms. The third kappa shape index (κ3) is 2.98. The fraction of sp³-hybridized carbons (Fsp3) is 0.786. The molecule has 0 amide bonds. The number of halogens is 1. The largest absolute Gasteiger partial charge is 0.358 e. The molecule has 1 saturated carbocycles. The Balaban J connectivity index is 0.00000176. The van der Waals surface area contributed by atoms with Gasteiger partial charge in [0.25, 0.3) is 0 Å². The Morgan fingerprint density at radius 2 is 1.95 bits per heavy atom. The van der Waals surface area contributed by atoms with Gasteiger partial charge in [-0.2, -0.15) is 5.06 Å². The van der Waals surface area contributed by atoms with E-state index in [9.17, 15) is 10.1 Å². The molecular formula is C14H23ClN4O3. The fourth-order valence-corrected chi connectivity index (χ4v) is 3.73. The lowest BCUT2D eigenvalue weighted by atomic mass is 9.84. The number of hydroxylamine groups is 2. The zero-order valence-corrected chi connectivity index (χ0v) is 13.8. The van der Waals surface area contributed by atoms with Gasteiger partial charge in [-0.3, -0.25) is 4.84 Å². The smallest absolute Gasteiger partial charge is 0.342 e. The molecule has 0 bridgehead atoms. The van der Waals surface area contributed by atoms with E-state index >= 15 is 0 Å². The molecule has 8 heteroatoms. The Labute approximate surface area is 136 Å². The van der Waals surface area contributed by atoms with Gasteiger partial charge in [-0.05, 0) is 17.8 Å². The van der Waals surface area contributed by atoms with Crippen molar-refractivity contribution in [2.24, 2.45) is 13.0 Å². The highest BCUT2D eigenvalue weighted by Gasteiger charge is 2.46. The predicted molar refractivity (Wildman–Crippen MR) is 83.7 cm³/mol. The molecule has 22 heavy (non-hydrogen) atoms. The summed E-state index contributed by atoms with van der Waals surface area (Å²) in [6, 6.07) is 0.00630. The highest BCUT2D eigenvalue weighted by atomic mass is 35.5. The molecule has 0 N–H and O–H groups in total. The van der Waals surface area contributed by atoms with Crippen molar-refractivity contribution in [3.63, 3.8) is 0 Å². The minimum atomic E-state index is -0.387. The Morgan fingerprint density at radius 1 is 1.27 bits per heavy atom. The van der Waals surface area contributed by atoms with Crippen molar-refractivity contribution >= 4 is 18.2 Å². The highest BCUT2D eigenvalue weighted by molar-refractivity contribution is 5.85. The van der Waals surface area contributed by atoms with Crippen LogP contribution in [0, 0.1) is 16.0 Å². The normalized spacial score (nSPS) is 29.3. The Bertz CT molecular complexity index is 536. The summed E-state index contributed by atoms with van der Waals surface area (Å²) in [6.07, 6.45) is 8.66. The molecule has 1 aromatic heterocycles. The second-order valence-corrected chi connectivity index (χ2v) is 6.08. The summed E-state index contributed by atoms with van der Waals surface area (Å²) >= 11 is 0. The van der Waals surface area contributed by atoms with E-state index in [-0.39, 0.29) is 35.3 Å². The Morgan fingerprint density at radius 3 is 2.59 bits per heavy atom. The maximum absolute atomic E-state index is 11.0. The summed E-state index contributed by atoms with van der Waals surface area (Å²) < 4.78 is 1.59. The minimum absolute atomic E-state index is 0. The summed E-state index contributed by atoms with van der Waals surface area (Å²) in [7, 11) is 3.63. The fourth-order valence-electron chi connectivity index (χ4n) is 3.73.